The maximum absolute atomic E-state index is 12.0. The number of nitrogens with zero attached hydrogens (tertiary/aromatic N) is 1. The van der Waals surface area contributed by atoms with Crippen LogP contribution in [-0.4, -0.2) is 17.2 Å². The van der Waals surface area contributed by atoms with Crippen LogP contribution in [-0.2, 0) is 4.57 Å². The highest BCUT2D eigenvalue weighted by atomic mass is 31.2. The summed E-state index contributed by atoms with van der Waals surface area (Å²) in [5.74, 6) is 0.293. The fourth-order valence-corrected chi connectivity index (χ4v) is 2.40. The Labute approximate surface area is 94.0 Å². The van der Waals surface area contributed by atoms with E-state index < -0.39 is 12.3 Å². The number of non-ortho nitro benzene ring substituents is 1. The van der Waals surface area contributed by atoms with E-state index in [0.29, 0.717) is 18.1 Å². The summed E-state index contributed by atoms with van der Waals surface area (Å²) in [5.41, 5.74) is -0.0590. The predicted octanol–water partition coefficient (Wildman–Crippen LogP) is 3.29. The van der Waals surface area contributed by atoms with E-state index in [1.54, 1.807) is 19.9 Å². The minimum Gasteiger partial charge on any atom is -0.443 e. The molecule has 0 fully saturated rings. The highest BCUT2D eigenvalue weighted by molar-refractivity contribution is 7.59. The molecule has 0 saturated heterocycles. The largest absolute Gasteiger partial charge is 0.443 e. The van der Waals surface area contributed by atoms with Crippen LogP contribution in [0.3, 0.4) is 0 Å². The second kappa shape index (κ2) is 5.12. The zero-order valence-corrected chi connectivity index (χ0v) is 10.1. The van der Waals surface area contributed by atoms with Crippen molar-refractivity contribution in [1.29, 1.82) is 0 Å². The summed E-state index contributed by atoms with van der Waals surface area (Å²) in [5, 5.41) is 10.5. The first-order valence-corrected chi connectivity index (χ1v) is 7.02. The topological polar surface area (TPSA) is 69.4 Å². The van der Waals surface area contributed by atoms with Gasteiger partial charge >= 0.3 is 0 Å². The van der Waals surface area contributed by atoms with Crippen LogP contribution in [0.5, 0.6) is 5.75 Å². The van der Waals surface area contributed by atoms with Crippen LogP contribution < -0.4 is 4.52 Å². The Morgan fingerprint density at radius 1 is 1.38 bits per heavy atom. The molecule has 0 heterocycles. The quantitative estimate of drug-likeness (QED) is 0.452. The van der Waals surface area contributed by atoms with Crippen LogP contribution in [0.1, 0.15) is 13.8 Å². The molecule has 0 aliphatic heterocycles. The van der Waals surface area contributed by atoms with Gasteiger partial charge in [-0.2, -0.15) is 0 Å². The molecule has 0 aliphatic carbocycles. The summed E-state index contributed by atoms with van der Waals surface area (Å²) in [6.07, 6.45) is 0.846. The lowest BCUT2D eigenvalue weighted by atomic mass is 10.3. The van der Waals surface area contributed by atoms with E-state index in [9.17, 15) is 14.7 Å². The first-order chi connectivity index (χ1) is 7.50. The van der Waals surface area contributed by atoms with Gasteiger partial charge in [0.2, 0.25) is 7.37 Å². The lowest BCUT2D eigenvalue weighted by Crippen LogP contribution is -1.98. The third kappa shape index (κ3) is 3.07. The van der Waals surface area contributed by atoms with Gasteiger partial charge in [0.15, 0.2) is 0 Å². The van der Waals surface area contributed by atoms with E-state index in [-0.39, 0.29) is 5.69 Å². The van der Waals surface area contributed by atoms with Crippen LogP contribution in [0.15, 0.2) is 24.3 Å². The summed E-state index contributed by atoms with van der Waals surface area (Å²) in [6.45, 7) is 3.56. The molecule has 0 atom stereocenters. The molecule has 5 nitrogen and oxygen atoms in total. The Balaban J connectivity index is 2.93. The van der Waals surface area contributed by atoms with Crippen molar-refractivity contribution in [2.24, 2.45) is 0 Å². The van der Waals surface area contributed by atoms with Crippen LogP contribution in [0, 0.1) is 10.1 Å². The van der Waals surface area contributed by atoms with E-state index in [0.717, 1.165) is 0 Å². The predicted molar refractivity (Wildman–Crippen MR) is 62.4 cm³/mol. The molecular formula is C10H14NO4P. The molecule has 16 heavy (non-hydrogen) atoms. The molecule has 0 amide bonds. The molecule has 0 aliphatic rings. The lowest BCUT2D eigenvalue weighted by molar-refractivity contribution is -0.384. The summed E-state index contributed by atoms with van der Waals surface area (Å²) in [7, 11) is -2.68. The fraction of sp³-hybridized carbons (Fsp3) is 0.400. The molecule has 6 heteroatoms. The van der Waals surface area contributed by atoms with Crippen LogP contribution in [0.2, 0.25) is 0 Å². The smallest absolute Gasteiger partial charge is 0.273 e. The summed E-state index contributed by atoms with van der Waals surface area (Å²) in [4.78, 5) is 10.0. The minimum atomic E-state index is -2.68. The molecular weight excluding hydrogens is 229 g/mol. The van der Waals surface area contributed by atoms with Gasteiger partial charge < -0.3 is 4.52 Å². The number of nitro groups is 1. The Morgan fingerprint density at radius 2 is 2.00 bits per heavy atom. The first kappa shape index (κ1) is 12.7. The number of rotatable bonds is 5. The highest BCUT2D eigenvalue weighted by Crippen LogP contribution is 2.46. The average molecular weight is 243 g/mol. The molecule has 88 valence electrons. The van der Waals surface area contributed by atoms with Gasteiger partial charge in [-0.25, -0.2) is 0 Å². The molecule has 0 unspecified atom stereocenters. The highest BCUT2D eigenvalue weighted by Gasteiger charge is 2.20. The molecule has 0 aromatic heterocycles. The van der Waals surface area contributed by atoms with Gasteiger partial charge in [0.25, 0.3) is 5.69 Å². The molecule has 0 spiro atoms. The fourth-order valence-electron chi connectivity index (χ4n) is 1.20. The zero-order valence-electron chi connectivity index (χ0n) is 9.25. The van der Waals surface area contributed by atoms with E-state index in [1.807, 2.05) is 0 Å². The van der Waals surface area contributed by atoms with Crippen molar-refractivity contribution in [1.82, 2.24) is 0 Å². The van der Waals surface area contributed by atoms with E-state index in [1.165, 1.54) is 18.2 Å². The maximum atomic E-state index is 12.0. The van der Waals surface area contributed by atoms with Crippen LogP contribution in [0.4, 0.5) is 5.69 Å². The van der Waals surface area contributed by atoms with Gasteiger partial charge in [-0.1, -0.05) is 19.9 Å². The van der Waals surface area contributed by atoms with Gasteiger partial charge in [0, 0.05) is 18.4 Å². The second-order valence-corrected chi connectivity index (χ2v) is 6.37. The van der Waals surface area contributed by atoms with Crippen molar-refractivity contribution in [3.63, 3.8) is 0 Å². The van der Waals surface area contributed by atoms with Crippen molar-refractivity contribution in [2.75, 3.05) is 12.3 Å². The van der Waals surface area contributed by atoms with Gasteiger partial charge in [0.05, 0.1) is 11.0 Å². The van der Waals surface area contributed by atoms with Gasteiger partial charge in [-0.15, -0.1) is 0 Å². The monoisotopic (exact) mass is 243 g/mol. The molecule has 0 saturated carbocycles. The van der Waals surface area contributed by atoms with Gasteiger partial charge in [0.1, 0.15) is 5.75 Å². The number of hydrogen-bond donors (Lipinski definition) is 0. The summed E-state index contributed by atoms with van der Waals surface area (Å²) in [6, 6.07) is 5.75. The first-order valence-electron chi connectivity index (χ1n) is 5.03. The maximum Gasteiger partial charge on any atom is 0.273 e. The molecule has 0 N–H and O–H groups in total. The van der Waals surface area contributed by atoms with Crippen molar-refractivity contribution >= 4 is 13.1 Å². The van der Waals surface area contributed by atoms with Crippen molar-refractivity contribution in [3.05, 3.63) is 34.4 Å². The number of nitro benzene ring substituents is 1. The van der Waals surface area contributed by atoms with E-state index in [2.05, 4.69) is 0 Å². The summed E-state index contributed by atoms with van der Waals surface area (Å²) < 4.78 is 17.4. The summed E-state index contributed by atoms with van der Waals surface area (Å²) >= 11 is 0. The van der Waals surface area contributed by atoms with Crippen molar-refractivity contribution in [2.45, 2.75) is 13.8 Å². The van der Waals surface area contributed by atoms with Crippen molar-refractivity contribution in [3.8, 4) is 5.75 Å². The number of hydrogen-bond acceptors (Lipinski definition) is 4. The van der Waals surface area contributed by atoms with Gasteiger partial charge in [-0.3, -0.25) is 14.7 Å². The van der Waals surface area contributed by atoms with Crippen LogP contribution in [0.25, 0.3) is 0 Å². The minimum absolute atomic E-state index is 0.0590. The Bertz CT molecular complexity index is 425. The van der Waals surface area contributed by atoms with Crippen molar-refractivity contribution < 1.29 is 14.0 Å². The third-order valence-electron chi connectivity index (χ3n) is 2.26. The Hall–Kier alpha value is -1.35. The molecule has 1 rings (SSSR count). The standard InChI is InChI=1S/C10H14NO4P/c1-3-16(14,4-2)15-10-7-5-6-9(8-10)11(12)13/h5-8H,3-4H2,1-2H3. The average Bonchev–Trinajstić information content (AvgIpc) is 2.29. The zero-order chi connectivity index (χ0) is 12.2. The second-order valence-electron chi connectivity index (χ2n) is 3.29. The SMILES string of the molecule is CCP(=O)(CC)Oc1cccc([N+](=O)[O-])c1. The molecule has 1 aromatic rings. The van der Waals surface area contributed by atoms with E-state index in [4.69, 9.17) is 4.52 Å². The Morgan fingerprint density at radius 3 is 2.50 bits per heavy atom. The molecule has 0 radical (unpaired) electrons. The Kier molecular flexibility index (Phi) is 4.07. The van der Waals surface area contributed by atoms with Gasteiger partial charge in [-0.05, 0) is 6.07 Å². The lowest BCUT2D eigenvalue weighted by Gasteiger charge is -2.15. The number of benzene rings is 1. The third-order valence-corrected chi connectivity index (χ3v) is 4.73. The van der Waals surface area contributed by atoms with Crippen LogP contribution >= 0.6 is 7.37 Å². The van der Waals surface area contributed by atoms with E-state index >= 15 is 0 Å². The molecule has 1 aromatic carbocycles. The molecule has 0 bridgehead atoms. The normalized spacial score (nSPS) is 11.1.